The second-order valence-electron chi connectivity index (χ2n) is 6.62. The maximum absolute atomic E-state index is 4.81. The first-order chi connectivity index (χ1) is 10.5. The molecule has 0 bridgehead atoms. The quantitative estimate of drug-likeness (QED) is 0.946. The van der Waals surface area contributed by atoms with Gasteiger partial charge in [-0.3, -0.25) is 5.10 Å². The summed E-state index contributed by atoms with van der Waals surface area (Å²) in [7, 11) is 0. The summed E-state index contributed by atoms with van der Waals surface area (Å²) in [5.74, 6) is 1.40. The van der Waals surface area contributed by atoms with Crippen molar-refractivity contribution in [3.8, 4) is 11.4 Å². The number of rotatable bonds is 3. The van der Waals surface area contributed by atoms with Gasteiger partial charge in [0.25, 0.3) is 0 Å². The van der Waals surface area contributed by atoms with Crippen molar-refractivity contribution < 1.29 is 0 Å². The molecule has 1 N–H and O–H groups in total. The molecule has 0 saturated carbocycles. The molecule has 0 aromatic carbocycles. The van der Waals surface area contributed by atoms with Crippen molar-refractivity contribution in [3.63, 3.8) is 0 Å². The number of hydrogen-bond acceptors (Lipinski definition) is 4. The normalized spacial score (nSPS) is 19.8. The van der Waals surface area contributed by atoms with Crippen LogP contribution in [0.1, 0.15) is 49.8 Å². The highest BCUT2D eigenvalue weighted by Gasteiger charge is 2.25. The van der Waals surface area contributed by atoms with E-state index >= 15 is 0 Å². The number of aromatic nitrogens is 4. The van der Waals surface area contributed by atoms with E-state index in [1.807, 2.05) is 26.0 Å². The van der Waals surface area contributed by atoms with Gasteiger partial charge in [-0.25, -0.2) is 9.97 Å². The number of hydrogen-bond donors (Lipinski definition) is 1. The van der Waals surface area contributed by atoms with E-state index in [1.54, 1.807) is 0 Å². The molecule has 1 fully saturated rings. The topological polar surface area (TPSA) is 57.7 Å². The number of likely N-dealkylation sites (tertiary alicyclic amines) is 1. The van der Waals surface area contributed by atoms with Gasteiger partial charge in [0.1, 0.15) is 11.5 Å². The van der Waals surface area contributed by atoms with E-state index < -0.39 is 0 Å². The van der Waals surface area contributed by atoms with Gasteiger partial charge in [0.15, 0.2) is 0 Å². The zero-order valence-corrected chi connectivity index (χ0v) is 13.9. The largest absolute Gasteiger partial charge is 0.300 e. The highest BCUT2D eigenvalue weighted by Crippen LogP contribution is 2.27. The molecule has 3 rings (SSSR count). The molecule has 1 saturated heterocycles. The van der Waals surface area contributed by atoms with Crippen molar-refractivity contribution in [3.05, 3.63) is 29.3 Å². The fourth-order valence-corrected chi connectivity index (χ4v) is 3.14. The third-order valence-corrected chi connectivity index (χ3v) is 4.39. The molecule has 1 aliphatic heterocycles. The summed E-state index contributed by atoms with van der Waals surface area (Å²) in [4.78, 5) is 12.0. The minimum atomic E-state index is 0.426. The lowest BCUT2D eigenvalue weighted by molar-refractivity contribution is 0.165. The van der Waals surface area contributed by atoms with E-state index in [9.17, 15) is 0 Å². The van der Waals surface area contributed by atoms with Gasteiger partial charge < -0.3 is 4.90 Å². The molecule has 22 heavy (non-hydrogen) atoms. The first-order valence-corrected chi connectivity index (χ1v) is 8.15. The fourth-order valence-electron chi connectivity index (χ4n) is 3.14. The van der Waals surface area contributed by atoms with Gasteiger partial charge >= 0.3 is 0 Å². The van der Waals surface area contributed by atoms with Crippen LogP contribution in [0.25, 0.3) is 11.4 Å². The maximum Gasteiger partial charge on any atom is 0.133 e. The zero-order valence-electron chi connectivity index (χ0n) is 13.9. The van der Waals surface area contributed by atoms with Crippen LogP contribution >= 0.6 is 0 Å². The minimum Gasteiger partial charge on any atom is -0.300 e. The maximum atomic E-state index is 4.81. The molecule has 2 aromatic heterocycles. The Balaban J connectivity index is 1.89. The summed E-state index contributed by atoms with van der Waals surface area (Å²) in [6, 6.07) is 4.63. The van der Waals surface area contributed by atoms with Crippen molar-refractivity contribution >= 4 is 0 Å². The fraction of sp³-hybridized carbons (Fsp3) is 0.588. The van der Waals surface area contributed by atoms with Crippen LogP contribution in [0.5, 0.6) is 0 Å². The number of nitrogens with one attached hydrogen (secondary N) is 1. The lowest BCUT2D eigenvalue weighted by Gasteiger charge is -2.34. The van der Waals surface area contributed by atoms with Gasteiger partial charge in [-0.15, -0.1) is 0 Å². The molecule has 0 aliphatic carbocycles. The molecule has 0 radical (unpaired) electrons. The number of piperidine rings is 1. The Labute approximate surface area is 132 Å². The summed E-state index contributed by atoms with van der Waals surface area (Å²) in [6.45, 7) is 10.8. The van der Waals surface area contributed by atoms with Crippen LogP contribution in [-0.4, -0.2) is 44.2 Å². The molecule has 0 spiro atoms. The predicted molar refractivity (Wildman–Crippen MR) is 87.8 cm³/mol. The molecule has 0 amide bonds. The summed E-state index contributed by atoms with van der Waals surface area (Å²) in [5, 5.41) is 7.32. The van der Waals surface area contributed by atoms with E-state index in [-0.39, 0.29) is 0 Å². The average molecular weight is 299 g/mol. The summed E-state index contributed by atoms with van der Waals surface area (Å²) < 4.78 is 0. The van der Waals surface area contributed by atoms with Crippen LogP contribution in [0.4, 0.5) is 0 Å². The van der Waals surface area contributed by atoms with Gasteiger partial charge in [0.05, 0.1) is 5.69 Å². The molecule has 0 unspecified atom stereocenters. The second-order valence-corrected chi connectivity index (χ2v) is 6.62. The lowest BCUT2D eigenvalue weighted by Crippen LogP contribution is -2.39. The molecule has 2 aromatic rings. The van der Waals surface area contributed by atoms with Crippen LogP contribution in [0, 0.1) is 13.8 Å². The molecular formula is C17H25N5. The van der Waals surface area contributed by atoms with Gasteiger partial charge in [-0.1, -0.05) is 0 Å². The van der Waals surface area contributed by atoms with Gasteiger partial charge in [0.2, 0.25) is 0 Å². The third-order valence-electron chi connectivity index (χ3n) is 4.39. The molecule has 1 atom stereocenters. The Kier molecular flexibility index (Phi) is 4.25. The first-order valence-electron chi connectivity index (χ1n) is 8.15. The van der Waals surface area contributed by atoms with Crippen LogP contribution in [-0.2, 0) is 0 Å². The standard InChI is InChI=1S/C17H25N5/c1-11(2)22-7-5-6-14(10-22)17-18-12(3)8-15(19-17)16-9-13(4)20-21-16/h8-9,11,14H,5-7,10H2,1-4H3,(H,20,21)/t14-/m1/s1. The van der Waals surface area contributed by atoms with Crippen LogP contribution < -0.4 is 0 Å². The monoisotopic (exact) mass is 299 g/mol. The van der Waals surface area contributed by atoms with Crippen LogP contribution in [0.15, 0.2) is 12.1 Å². The average Bonchev–Trinajstić information content (AvgIpc) is 2.93. The number of H-pyrrole nitrogens is 1. The van der Waals surface area contributed by atoms with Gasteiger partial charge in [-0.2, -0.15) is 5.10 Å². The van der Waals surface area contributed by atoms with Crippen molar-refractivity contribution in [1.29, 1.82) is 0 Å². The van der Waals surface area contributed by atoms with E-state index in [0.717, 1.165) is 35.1 Å². The Morgan fingerprint density at radius 1 is 1.18 bits per heavy atom. The Bertz CT molecular complexity index is 646. The Hall–Kier alpha value is -1.75. The molecule has 118 valence electrons. The van der Waals surface area contributed by atoms with E-state index in [1.165, 1.54) is 19.4 Å². The molecule has 3 heterocycles. The summed E-state index contributed by atoms with van der Waals surface area (Å²) >= 11 is 0. The van der Waals surface area contributed by atoms with E-state index in [0.29, 0.717) is 12.0 Å². The highest BCUT2D eigenvalue weighted by molar-refractivity contribution is 5.54. The summed E-state index contributed by atoms with van der Waals surface area (Å²) in [5.41, 5.74) is 3.90. The molecular weight excluding hydrogens is 274 g/mol. The number of aryl methyl sites for hydroxylation is 2. The molecule has 1 aliphatic rings. The van der Waals surface area contributed by atoms with Crippen molar-refractivity contribution in [2.24, 2.45) is 0 Å². The SMILES string of the molecule is Cc1cc(-c2cc(C)[nH]n2)nc([C@@H]2CCCN(C(C)C)C2)n1. The number of aromatic amines is 1. The smallest absolute Gasteiger partial charge is 0.133 e. The summed E-state index contributed by atoms with van der Waals surface area (Å²) in [6.07, 6.45) is 2.39. The van der Waals surface area contributed by atoms with Crippen LogP contribution in [0.3, 0.4) is 0 Å². The number of nitrogens with zero attached hydrogens (tertiary/aromatic N) is 4. The van der Waals surface area contributed by atoms with Gasteiger partial charge in [-0.05, 0) is 59.2 Å². The van der Waals surface area contributed by atoms with Gasteiger partial charge in [0, 0.05) is 29.9 Å². The Morgan fingerprint density at radius 2 is 2.00 bits per heavy atom. The first kappa shape index (κ1) is 15.2. The predicted octanol–water partition coefficient (Wildman–Crippen LogP) is 3.07. The third kappa shape index (κ3) is 3.19. The van der Waals surface area contributed by atoms with E-state index in [2.05, 4.69) is 28.9 Å². The second kappa shape index (κ2) is 6.16. The zero-order chi connectivity index (χ0) is 15.7. The van der Waals surface area contributed by atoms with E-state index in [4.69, 9.17) is 9.97 Å². The van der Waals surface area contributed by atoms with Crippen molar-refractivity contribution in [2.45, 2.75) is 52.5 Å². The Morgan fingerprint density at radius 3 is 2.68 bits per heavy atom. The van der Waals surface area contributed by atoms with Crippen molar-refractivity contribution in [1.82, 2.24) is 25.1 Å². The molecule has 5 heteroatoms. The lowest BCUT2D eigenvalue weighted by atomic mass is 9.96. The highest BCUT2D eigenvalue weighted by atomic mass is 15.2. The minimum absolute atomic E-state index is 0.426. The molecule has 5 nitrogen and oxygen atoms in total. The van der Waals surface area contributed by atoms with Crippen molar-refractivity contribution in [2.75, 3.05) is 13.1 Å². The van der Waals surface area contributed by atoms with Crippen LogP contribution in [0.2, 0.25) is 0 Å².